The van der Waals surface area contributed by atoms with Crippen molar-refractivity contribution < 1.29 is 18.7 Å². The predicted molar refractivity (Wildman–Crippen MR) is 16.0 cm³/mol. The van der Waals surface area contributed by atoms with E-state index in [0.29, 0.717) is 0 Å². The molecule has 1 rings (SSSR count). The van der Waals surface area contributed by atoms with Gasteiger partial charge in [-0.25, -0.2) is 14.0 Å². The fourth-order valence-corrected chi connectivity index (χ4v) is 0.241. The quantitative estimate of drug-likeness (QED) is 0.304. The van der Waals surface area contributed by atoms with Crippen molar-refractivity contribution in [1.29, 1.82) is 0 Å². The molecule has 0 aliphatic carbocycles. The molecule has 0 bridgehead atoms. The van der Waals surface area contributed by atoms with Gasteiger partial charge in [0.2, 0.25) is 0 Å². The average molecular weight is 104 g/mol. The zero-order valence-corrected chi connectivity index (χ0v) is 3.18. The minimum Gasteiger partial charge on any atom is -0.388 e. The summed E-state index contributed by atoms with van der Waals surface area (Å²) >= 11 is 0. The first-order chi connectivity index (χ1) is 3.22. The van der Waals surface area contributed by atoms with E-state index in [9.17, 15) is 14.0 Å². The molecule has 4 heteroatoms. The molecule has 0 aromatic heterocycles. The molecular weight excluding hydrogens is 103 g/mol. The van der Waals surface area contributed by atoms with Gasteiger partial charge in [0.1, 0.15) is 0 Å². The van der Waals surface area contributed by atoms with Crippen LogP contribution >= 0.6 is 0 Å². The van der Waals surface area contributed by atoms with Gasteiger partial charge in [0.15, 0.2) is 0 Å². The van der Waals surface area contributed by atoms with Gasteiger partial charge in [-0.3, -0.25) is 0 Å². The first kappa shape index (κ1) is 4.23. The molecule has 0 N–H and O–H groups in total. The van der Waals surface area contributed by atoms with E-state index in [4.69, 9.17) is 0 Å². The summed E-state index contributed by atoms with van der Waals surface area (Å²) in [5.74, 6) is -2.16. The first-order valence-corrected chi connectivity index (χ1v) is 1.61. The third-order valence-corrected chi connectivity index (χ3v) is 0.615. The second-order valence-corrected chi connectivity index (χ2v) is 1.10. The molecule has 0 saturated carbocycles. The summed E-state index contributed by atoms with van der Waals surface area (Å²) in [7, 11) is 0. The summed E-state index contributed by atoms with van der Waals surface area (Å²) in [6.45, 7) is 0. The fraction of sp³-hybridized carbons (Fsp3) is 0.333. The van der Waals surface area contributed by atoms with E-state index in [-0.39, 0.29) is 0 Å². The number of halogens is 1. The zero-order chi connectivity index (χ0) is 5.44. The predicted octanol–water partition coefficient (Wildman–Crippen LogP) is -0.592. The highest BCUT2D eigenvalue weighted by molar-refractivity contribution is 6.12. The number of cyclic esters (lactones) is 2. The molecule has 0 atom stereocenters. The Morgan fingerprint density at radius 2 is 1.86 bits per heavy atom. The van der Waals surface area contributed by atoms with Gasteiger partial charge in [-0.2, -0.15) is 0 Å². The number of carbonyl (C=O) groups is 2. The van der Waals surface area contributed by atoms with Crippen LogP contribution in [-0.2, 0) is 14.3 Å². The van der Waals surface area contributed by atoms with E-state index in [1.54, 1.807) is 0 Å². The van der Waals surface area contributed by atoms with E-state index in [0.717, 1.165) is 0 Å². The lowest BCUT2D eigenvalue weighted by atomic mass is 10.3. The van der Waals surface area contributed by atoms with Crippen molar-refractivity contribution in [3.05, 3.63) is 0 Å². The van der Waals surface area contributed by atoms with Crippen LogP contribution in [0, 0.1) is 0 Å². The molecule has 7 heavy (non-hydrogen) atoms. The van der Waals surface area contributed by atoms with E-state index >= 15 is 0 Å². The summed E-state index contributed by atoms with van der Waals surface area (Å²) in [6.07, 6.45) is -2.00. The van der Waals surface area contributed by atoms with Crippen LogP contribution in [0.3, 0.4) is 0 Å². The highest BCUT2D eigenvalue weighted by Gasteiger charge is 2.41. The smallest absolute Gasteiger partial charge is 0.360 e. The summed E-state index contributed by atoms with van der Waals surface area (Å²) < 4.78 is 15.1. The van der Waals surface area contributed by atoms with Crippen LogP contribution in [0.4, 0.5) is 4.39 Å². The number of hydrogen-bond acceptors (Lipinski definition) is 3. The Bertz CT molecular complexity index is 116. The van der Waals surface area contributed by atoms with Crippen LogP contribution in [0.25, 0.3) is 0 Å². The van der Waals surface area contributed by atoms with Gasteiger partial charge >= 0.3 is 11.9 Å². The van der Waals surface area contributed by atoms with Crippen molar-refractivity contribution in [2.24, 2.45) is 0 Å². The summed E-state index contributed by atoms with van der Waals surface area (Å²) in [4.78, 5) is 19.2. The molecular formula is C3HFO3. The Morgan fingerprint density at radius 3 is 1.86 bits per heavy atom. The Hall–Kier alpha value is -0.930. The lowest BCUT2D eigenvalue weighted by Crippen LogP contribution is -2.42. The van der Waals surface area contributed by atoms with Crippen LogP contribution in [-0.4, -0.2) is 18.1 Å². The van der Waals surface area contributed by atoms with Crippen molar-refractivity contribution in [2.75, 3.05) is 0 Å². The molecule has 1 aliphatic rings. The highest BCUT2D eigenvalue weighted by Crippen LogP contribution is 2.08. The summed E-state index contributed by atoms with van der Waals surface area (Å²) in [6, 6.07) is 0. The molecule has 0 radical (unpaired) electrons. The lowest BCUT2D eigenvalue weighted by Gasteiger charge is -2.12. The van der Waals surface area contributed by atoms with Crippen molar-refractivity contribution in [1.82, 2.24) is 0 Å². The third-order valence-electron chi connectivity index (χ3n) is 0.615. The maximum absolute atomic E-state index is 11.5. The van der Waals surface area contributed by atoms with Gasteiger partial charge in [-0.1, -0.05) is 0 Å². The SMILES string of the molecule is O=C1OC(=O)C1F. The molecule has 0 unspecified atom stereocenters. The lowest BCUT2D eigenvalue weighted by molar-refractivity contribution is -0.185. The van der Waals surface area contributed by atoms with Crippen LogP contribution < -0.4 is 0 Å². The number of carbonyl (C=O) groups excluding carboxylic acids is 2. The topological polar surface area (TPSA) is 43.4 Å². The first-order valence-electron chi connectivity index (χ1n) is 1.61. The highest BCUT2D eigenvalue weighted by atomic mass is 19.1. The Kier molecular flexibility index (Phi) is 0.618. The van der Waals surface area contributed by atoms with Crippen molar-refractivity contribution >= 4 is 11.9 Å². The minimum absolute atomic E-state index is 1.08. The van der Waals surface area contributed by atoms with Crippen LogP contribution in [0.1, 0.15) is 0 Å². The van der Waals surface area contributed by atoms with Gasteiger partial charge in [0, 0.05) is 0 Å². The molecule has 0 aromatic rings. The Balaban J connectivity index is 2.59. The number of ether oxygens (including phenoxy) is 1. The van der Waals surface area contributed by atoms with Crippen LogP contribution in [0.2, 0.25) is 0 Å². The van der Waals surface area contributed by atoms with Gasteiger partial charge < -0.3 is 4.74 Å². The van der Waals surface area contributed by atoms with E-state index in [2.05, 4.69) is 4.74 Å². The van der Waals surface area contributed by atoms with Crippen LogP contribution in [0.15, 0.2) is 0 Å². The van der Waals surface area contributed by atoms with E-state index < -0.39 is 18.1 Å². The normalized spacial score (nSPS) is 21.3. The molecule has 1 heterocycles. The number of alkyl halides is 1. The van der Waals surface area contributed by atoms with Gasteiger partial charge in [-0.05, 0) is 0 Å². The standard InChI is InChI=1S/C3HFO3/c4-1-2(5)7-3(1)6/h1H. The molecule has 1 saturated heterocycles. The second kappa shape index (κ2) is 1.02. The van der Waals surface area contributed by atoms with Gasteiger partial charge in [0.05, 0.1) is 0 Å². The monoisotopic (exact) mass is 104 g/mol. The Morgan fingerprint density at radius 1 is 1.43 bits per heavy atom. The minimum atomic E-state index is -2.00. The largest absolute Gasteiger partial charge is 0.388 e. The molecule has 38 valence electrons. The average Bonchev–Trinajstić information content (AvgIpc) is 1.68. The molecule has 0 amide bonds. The van der Waals surface area contributed by atoms with E-state index in [1.165, 1.54) is 0 Å². The molecule has 3 nitrogen and oxygen atoms in total. The van der Waals surface area contributed by atoms with Gasteiger partial charge in [0.25, 0.3) is 6.17 Å². The molecule has 1 fully saturated rings. The number of esters is 2. The number of hydrogen-bond donors (Lipinski definition) is 0. The summed E-state index contributed by atoms with van der Waals surface area (Å²) in [5.41, 5.74) is 0. The fourth-order valence-electron chi connectivity index (χ4n) is 0.241. The number of rotatable bonds is 0. The molecule has 0 spiro atoms. The molecule has 0 aromatic carbocycles. The van der Waals surface area contributed by atoms with Gasteiger partial charge in [-0.15, -0.1) is 0 Å². The maximum atomic E-state index is 11.5. The Labute approximate surface area is 38.1 Å². The second-order valence-electron chi connectivity index (χ2n) is 1.10. The van der Waals surface area contributed by atoms with E-state index in [1.807, 2.05) is 0 Å². The third kappa shape index (κ3) is 0.390. The molecule has 1 aliphatic heterocycles. The van der Waals surface area contributed by atoms with Crippen molar-refractivity contribution in [3.8, 4) is 0 Å². The maximum Gasteiger partial charge on any atom is 0.360 e. The summed E-state index contributed by atoms with van der Waals surface area (Å²) in [5, 5.41) is 0. The van der Waals surface area contributed by atoms with Crippen molar-refractivity contribution in [3.63, 3.8) is 0 Å². The van der Waals surface area contributed by atoms with Crippen LogP contribution in [0.5, 0.6) is 0 Å². The zero-order valence-electron chi connectivity index (χ0n) is 3.18. The van der Waals surface area contributed by atoms with Crippen molar-refractivity contribution in [2.45, 2.75) is 6.17 Å².